The van der Waals surface area contributed by atoms with Crippen molar-refractivity contribution < 1.29 is 40.5 Å². The van der Waals surface area contributed by atoms with Crippen molar-refractivity contribution in [3.05, 3.63) is 58.0 Å². The molecular formula is C17H9F6N3O4S. The van der Waals surface area contributed by atoms with Gasteiger partial charge in [-0.25, -0.2) is 4.98 Å². The van der Waals surface area contributed by atoms with E-state index < -0.39 is 46.1 Å². The molecule has 0 fully saturated rings. The minimum absolute atomic E-state index is 0.0852. The number of nitrogens with one attached hydrogen (secondary N) is 1. The van der Waals surface area contributed by atoms with Gasteiger partial charge < -0.3 is 9.73 Å². The highest BCUT2D eigenvalue weighted by atomic mass is 32.2. The van der Waals surface area contributed by atoms with Gasteiger partial charge in [-0.3, -0.25) is 14.9 Å². The van der Waals surface area contributed by atoms with Gasteiger partial charge >= 0.3 is 18.2 Å². The van der Waals surface area contributed by atoms with Crippen LogP contribution in [-0.2, 0) is 17.1 Å². The molecule has 164 valence electrons. The van der Waals surface area contributed by atoms with Gasteiger partial charge in [0.15, 0.2) is 5.58 Å². The lowest BCUT2D eigenvalue weighted by Crippen LogP contribution is -2.14. The van der Waals surface area contributed by atoms with Crippen LogP contribution in [0.4, 0.5) is 37.7 Å². The number of carbonyl (C=O) groups is 1. The van der Waals surface area contributed by atoms with E-state index in [0.717, 1.165) is 12.1 Å². The first-order valence-electron chi connectivity index (χ1n) is 8.10. The Balaban J connectivity index is 1.71. The normalized spacial score (nSPS) is 12.2. The number of fused-ring (bicyclic) bond motifs is 1. The van der Waals surface area contributed by atoms with Gasteiger partial charge in [0.2, 0.25) is 5.91 Å². The quantitative estimate of drug-likeness (QED) is 0.231. The summed E-state index contributed by atoms with van der Waals surface area (Å²) in [5.41, 5.74) is -2.23. The summed E-state index contributed by atoms with van der Waals surface area (Å²) >= 11 is 0.629. The lowest BCUT2D eigenvalue weighted by atomic mass is 10.2. The molecule has 0 atom stereocenters. The summed E-state index contributed by atoms with van der Waals surface area (Å²) < 4.78 is 80.7. The SMILES string of the molecule is O=C(CSc1ccc(C(F)(F)F)cc1[N+](=O)[O-])Nc1ccc2oc(C(F)(F)F)nc2c1. The molecule has 1 amide bonds. The number of benzene rings is 2. The molecule has 0 unspecified atom stereocenters. The molecule has 3 aromatic rings. The van der Waals surface area contributed by atoms with Crippen LogP contribution >= 0.6 is 11.8 Å². The van der Waals surface area contributed by atoms with Gasteiger partial charge in [-0.05, 0) is 30.3 Å². The molecule has 3 rings (SSSR count). The number of oxazole rings is 1. The van der Waals surface area contributed by atoms with Crippen molar-refractivity contribution >= 4 is 40.1 Å². The van der Waals surface area contributed by atoms with Gasteiger partial charge in [0.05, 0.1) is 21.1 Å². The molecule has 0 aliphatic carbocycles. The number of nitro groups is 1. The highest BCUT2D eigenvalue weighted by Crippen LogP contribution is 2.37. The Bertz CT molecular complexity index is 1160. The van der Waals surface area contributed by atoms with Crippen LogP contribution < -0.4 is 5.32 Å². The number of thioether (sulfide) groups is 1. The predicted octanol–water partition coefficient (Wildman–Crippen LogP) is 5.50. The van der Waals surface area contributed by atoms with Crippen molar-refractivity contribution in [2.75, 3.05) is 11.1 Å². The zero-order chi connectivity index (χ0) is 23.0. The van der Waals surface area contributed by atoms with E-state index in [9.17, 15) is 41.3 Å². The number of alkyl halides is 6. The maximum absolute atomic E-state index is 12.7. The monoisotopic (exact) mass is 465 g/mol. The number of hydrogen-bond acceptors (Lipinski definition) is 6. The maximum Gasteiger partial charge on any atom is 0.468 e. The van der Waals surface area contributed by atoms with Crippen molar-refractivity contribution in [2.24, 2.45) is 0 Å². The number of carbonyl (C=O) groups excluding carboxylic acids is 1. The number of halogens is 6. The van der Waals surface area contributed by atoms with E-state index in [1.807, 2.05) is 0 Å². The molecule has 31 heavy (non-hydrogen) atoms. The molecule has 0 saturated carbocycles. The van der Waals surface area contributed by atoms with Crippen LogP contribution in [0.3, 0.4) is 0 Å². The molecular weight excluding hydrogens is 456 g/mol. The topological polar surface area (TPSA) is 98.3 Å². The fourth-order valence-corrected chi connectivity index (χ4v) is 3.23. The van der Waals surface area contributed by atoms with Crippen molar-refractivity contribution in [3.63, 3.8) is 0 Å². The third kappa shape index (κ3) is 5.25. The third-order valence-electron chi connectivity index (χ3n) is 3.76. The molecule has 0 spiro atoms. The second-order valence-electron chi connectivity index (χ2n) is 5.97. The van der Waals surface area contributed by atoms with E-state index in [-0.39, 0.29) is 21.7 Å². The van der Waals surface area contributed by atoms with E-state index in [2.05, 4.69) is 14.7 Å². The van der Waals surface area contributed by atoms with E-state index in [1.54, 1.807) is 0 Å². The van der Waals surface area contributed by atoms with Crippen LogP contribution in [0.1, 0.15) is 11.5 Å². The van der Waals surface area contributed by atoms with Gasteiger partial charge in [-0.2, -0.15) is 26.3 Å². The third-order valence-corrected chi connectivity index (χ3v) is 4.82. The van der Waals surface area contributed by atoms with Crippen LogP contribution in [0, 0.1) is 10.1 Å². The number of amides is 1. The number of aromatic nitrogens is 1. The van der Waals surface area contributed by atoms with E-state index >= 15 is 0 Å². The summed E-state index contributed by atoms with van der Waals surface area (Å²) in [6.45, 7) is 0. The van der Waals surface area contributed by atoms with Crippen LogP contribution in [0.15, 0.2) is 45.7 Å². The molecule has 1 aromatic heterocycles. The fourth-order valence-electron chi connectivity index (χ4n) is 2.43. The Morgan fingerprint density at radius 2 is 1.81 bits per heavy atom. The van der Waals surface area contributed by atoms with Crippen LogP contribution in [-0.4, -0.2) is 21.6 Å². The van der Waals surface area contributed by atoms with Gasteiger partial charge in [0, 0.05) is 11.8 Å². The number of hydrogen-bond donors (Lipinski definition) is 1. The van der Waals surface area contributed by atoms with Crippen LogP contribution in [0.2, 0.25) is 0 Å². The Labute approximate surface area is 172 Å². The van der Waals surface area contributed by atoms with Crippen LogP contribution in [0.5, 0.6) is 0 Å². The Morgan fingerprint density at radius 1 is 1.10 bits per heavy atom. The van der Waals surface area contributed by atoms with E-state index in [4.69, 9.17) is 0 Å². The maximum atomic E-state index is 12.7. The second kappa shape index (κ2) is 8.09. The highest BCUT2D eigenvalue weighted by molar-refractivity contribution is 8.00. The molecule has 2 aromatic carbocycles. The average molecular weight is 465 g/mol. The molecule has 0 aliphatic rings. The van der Waals surface area contributed by atoms with Gasteiger partial charge in [-0.15, -0.1) is 11.8 Å². The van der Waals surface area contributed by atoms with Crippen molar-refractivity contribution in [2.45, 2.75) is 17.2 Å². The van der Waals surface area contributed by atoms with Gasteiger partial charge in [-0.1, -0.05) is 0 Å². The summed E-state index contributed by atoms with van der Waals surface area (Å²) in [6, 6.07) is 5.48. The molecule has 1 N–H and O–H groups in total. The van der Waals surface area contributed by atoms with Gasteiger partial charge in [0.1, 0.15) is 5.52 Å². The Kier molecular flexibility index (Phi) is 5.85. The average Bonchev–Trinajstić information content (AvgIpc) is 3.09. The zero-order valence-corrected chi connectivity index (χ0v) is 15.7. The van der Waals surface area contributed by atoms with Crippen LogP contribution in [0.25, 0.3) is 11.1 Å². The number of nitro benzene ring substituents is 1. The summed E-state index contributed by atoms with van der Waals surface area (Å²) in [7, 11) is 0. The lowest BCUT2D eigenvalue weighted by Gasteiger charge is -2.09. The molecule has 0 aliphatic heterocycles. The number of rotatable bonds is 5. The fraction of sp³-hybridized carbons (Fsp3) is 0.176. The molecule has 14 heteroatoms. The molecule has 0 radical (unpaired) electrons. The Morgan fingerprint density at radius 3 is 2.42 bits per heavy atom. The summed E-state index contributed by atoms with van der Waals surface area (Å²) in [4.78, 5) is 25.3. The first-order chi connectivity index (χ1) is 14.3. The summed E-state index contributed by atoms with van der Waals surface area (Å²) in [5, 5.41) is 13.4. The molecule has 1 heterocycles. The standard InChI is InChI=1S/C17H9F6N3O4S/c18-16(19,20)8-1-4-13(11(5-8)26(28)29)31-7-14(27)24-9-2-3-12-10(6-9)25-15(30-12)17(21,22)23/h1-6H,7H2,(H,24,27). The van der Waals surface area contributed by atoms with E-state index in [0.29, 0.717) is 23.9 Å². The largest absolute Gasteiger partial charge is 0.468 e. The van der Waals surface area contributed by atoms with Gasteiger partial charge in [0.25, 0.3) is 5.69 Å². The first-order valence-corrected chi connectivity index (χ1v) is 9.09. The van der Waals surface area contributed by atoms with Crippen molar-refractivity contribution in [1.29, 1.82) is 0 Å². The second-order valence-corrected chi connectivity index (χ2v) is 6.99. The minimum atomic E-state index is -4.78. The van der Waals surface area contributed by atoms with Crippen molar-refractivity contribution in [3.8, 4) is 0 Å². The van der Waals surface area contributed by atoms with Crippen molar-refractivity contribution in [1.82, 2.24) is 4.98 Å². The predicted molar refractivity (Wildman–Crippen MR) is 96.5 cm³/mol. The summed E-state index contributed by atoms with van der Waals surface area (Å²) in [6.07, 6.45) is -9.55. The molecule has 0 saturated heterocycles. The zero-order valence-electron chi connectivity index (χ0n) is 14.9. The van der Waals surface area contributed by atoms with E-state index in [1.165, 1.54) is 12.1 Å². The molecule has 7 nitrogen and oxygen atoms in total. The summed E-state index contributed by atoms with van der Waals surface area (Å²) in [5.74, 6) is -2.55. The number of anilines is 1. The highest BCUT2D eigenvalue weighted by Gasteiger charge is 2.37. The first kappa shape index (κ1) is 22.4. The molecule has 0 bridgehead atoms. The minimum Gasteiger partial charge on any atom is -0.433 e. The smallest absolute Gasteiger partial charge is 0.433 e. The Hall–Kier alpha value is -3.29. The lowest BCUT2D eigenvalue weighted by molar-refractivity contribution is -0.388. The number of nitrogens with zero attached hydrogens (tertiary/aromatic N) is 2.